The summed E-state index contributed by atoms with van der Waals surface area (Å²) in [6.45, 7) is 3.17. The van der Waals surface area contributed by atoms with Crippen molar-refractivity contribution in [2.75, 3.05) is 32.8 Å². The topological polar surface area (TPSA) is 157 Å². The number of hydrogen-bond donors (Lipinski definition) is 4. The summed E-state index contributed by atoms with van der Waals surface area (Å²) in [5, 5.41) is 16.5. The number of carbonyl (C=O) groups excluding carboxylic acids is 4. The Hall–Kier alpha value is -3.83. The third kappa shape index (κ3) is 7.39. The second kappa shape index (κ2) is 12.4. The summed E-state index contributed by atoms with van der Waals surface area (Å²) in [5.74, 6) is -0.191. The summed E-state index contributed by atoms with van der Waals surface area (Å²) in [6, 6.07) is 8.48. The Morgan fingerprint density at radius 3 is 2.56 bits per heavy atom. The smallest absolute Gasteiger partial charge is 0.404 e. The highest BCUT2D eigenvalue weighted by molar-refractivity contribution is 5.92. The van der Waals surface area contributed by atoms with Crippen LogP contribution in [0.5, 0.6) is 5.75 Å². The van der Waals surface area contributed by atoms with Gasteiger partial charge in [-0.1, -0.05) is 25.1 Å². The van der Waals surface area contributed by atoms with Crippen molar-refractivity contribution >= 4 is 29.7 Å². The monoisotopic (exact) mass is 543 g/mol. The van der Waals surface area contributed by atoms with Crippen LogP contribution in [0, 0.1) is 5.41 Å². The number of carbonyl (C=O) groups is 5. The van der Waals surface area contributed by atoms with Gasteiger partial charge in [0.05, 0.1) is 13.2 Å². The molecule has 12 nitrogen and oxygen atoms in total. The number of piperidine rings is 1. The molecular weight excluding hydrogens is 506 g/mol. The van der Waals surface area contributed by atoms with Gasteiger partial charge in [-0.15, -0.1) is 0 Å². The van der Waals surface area contributed by atoms with E-state index in [0.717, 1.165) is 12.2 Å². The van der Waals surface area contributed by atoms with Crippen molar-refractivity contribution in [3.63, 3.8) is 0 Å². The number of para-hydroxylation sites is 1. The molecule has 12 heteroatoms. The zero-order chi connectivity index (χ0) is 28.0. The molecule has 0 aromatic heterocycles. The number of amides is 5. The Morgan fingerprint density at radius 2 is 1.82 bits per heavy atom. The third-order valence-corrected chi connectivity index (χ3v) is 7.73. The van der Waals surface area contributed by atoms with E-state index in [4.69, 9.17) is 9.84 Å². The number of benzene rings is 1. The first kappa shape index (κ1) is 28.2. The summed E-state index contributed by atoms with van der Waals surface area (Å²) in [4.78, 5) is 64.7. The molecule has 0 radical (unpaired) electrons. The molecule has 0 spiro atoms. The second-order valence-electron chi connectivity index (χ2n) is 10.8. The van der Waals surface area contributed by atoms with Gasteiger partial charge < -0.3 is 35.6 Å². The second-order valence-corrected chi connectivity index (χ2v) is 10.8. The molecule has 1 aromatic carbocycles. The number of rotatable bonds is 12. The number of hydrogen-bond acceptors (Lipinski definition) is 6. The van der Waals surface area contributed by atoms with Crippen LogP contribution in [0.1, 0.15) is 45.4 Å². The quantitative estimate of drug-likeness (QED) is 0.283. The predicted molar refractivity (Wildman–Crippen MR) is 140 cm³/mol. The van der Waals surface area contributed by atoms with Crippen LogP contribution < -0.4 is 20.7 Å². The van der Waals surface area contributed by atoms with E-state index in [9.17, 15) is 24.0 Å². The van der Waals surface area contributed by atoms with Gasteiger partial charge in [-0.2, -0.15) is 0 Å². The molecule has 5 amide bonds. The molecule has 2 aliphatic heterocycles. The van der Waals surface area contributed by atoms with Gasteiger partial charge in [-0.25, -0.2) is 4.79 Å². The van der Waals surface area contributed by atoms with Crippen LogP contribution in [0.4, 0.5) is 4.79 Å². The minimum Gasteiger partial charge on any atom is -0.494 e. The van der Waals surface area contributed by atoms with Crippen molar-refractivity contribution in [2.24, 2.45) is 5.41 Å². The van der Waals surface area contributed by atoms with Crippen LogP contribution in [-0.4, -0.2) is 95.5 Å². The number of nitrogens with zero attached hydrogens (tertiary/aromatic N) is 2. The lowest BCUT2D eigenvalue weighted by molar-refractivity contribution is -0.140. The highest BCUT2D eigenvalue weighted by Crippen LogP contribution is 2.59. The minimum absolute atomic E-state index is 0.0136. The largest absolute Gasteiger partial charge is 0.494 e. The van der Waals surface area contributed by atoms with Gasteiger partial charge in [0.15, 0.2) is 0 Å². The van der Waals surface area contributed by atoms with Crippen LogP contribution in [0.2, 0.25) is 0 Å². The molecule has 2 heterocycles. The summed E-state index contributed by atoms with van der Waals surface area (Å²) in [5.41, 5.74) is -0.0920. The maximum atomic E-state index is 13.2. The fourth-order valence-electron chi connectivity index (χ4n) is 5.49. The van der Waals surface area contributed by atoms with Crippen molar-refractivity contribution in [1.29, 1.82) is 0 Å². The van der Waals surface area contributed by atoms with Gasteiger partial charge >= 0.3 is 6.09 Å². The minimum atomic E-state index is -1.18. The molecule has 1 saturated carbocycles. The Bertz CT molecular complexity index is 1080. The van der Waals surface area contributed by atoms with E-state index in [2.05, 4.69) is 22.9 Å². The molecular formula is C27H37N5O7. The van der Waals surface area contributed by atoms with E-state index in [1.165, 1.54) is 0 Å². The summed E-state index contributed by atoms with van der Waals surface area (Å²) in [6.07, 6.45) is 1.62. The molecule has 3 aliphatic rings. The molecule has 4 rings (SSSR count). The number of carboxylic acid groups (broad SMARTS) is 1. The van der Waals surface area contributed by atoms with Gasteiger partial charge in [0.25, 0.3) is 0 Å². The van der Waals surface area contributed by atoms with Gasteiger partial charge in [0, 0.05) is 44.6 Å². The van der Waals surface area contributed by atoms with E-state index < -0.39 is 12.1 Å². The molecule has 39 heavy (non-hydrogen) atoms. The lowest BCUT2D eigenvalue weighted by atomic mass is 10.0. The first-order valence-corrected chi connectivity index (χ1v) is 13.5. The fourth-order valence-corrected chi connectivity index (χ4v) is 5.49. The molecule has 2 saturated heterocycles. The van der Waals surface area contributed by atoms with E-state index in [1.807, 2.05) is 30.3 Å². The van der Waals surface area contributed by atoms with Crippen molar-refractivity contribution in [3.8, 4) is 5.75 Å². The highest BCUT2D eigenvalue weighted by atomic mass is 16.5. The average Bonchev–Trinajstić information content (AvgIpc) is 3.22. The standard InChI is InChI=1S/C27H37N5O7/c1-27-14-20(25(36)30-18-10-12-31(17-18)23(34)9-11-28-26(37)38)32(21(27)15-27)24(35)16-29-22(33)8-5-13-39-19-6-3-2-4-7-19/h2-4,6-7,18,20-21,28H,5,8-17H2,1H3,(H,29,33)(H,30,36)(H,37,38)/t18-,20+,21+,27-/m1/s1. The number of fused-ring (bicyclic) bond motifs is 1. The van der Waals surface area contributed by atoms with Crippen LogP contribution in [0.25, 0.3) is 0 Å². The average molecular weight is 544 g/mol. The van der Waals surface area contributed by atoms with Crippen LogP contribution in [-0.2, 0) is 19.2 Å². The molecule has 212 valence electrons. The Labute approximate surface area is 227 Å². The normalized spacial score (nSPS) is 25.0. The summed E-state index contributed by atoms with van der Waals surface area (Å²) >= 11 is 0. The Kier molecular flexibility index (Phi) is 8.93. The van der Waals surface area contributed by atoms with Crippen LogP contribution >= 0.6 is 0 Å². The van der Waals surface area contributed by atoms with E-state index in [0.29, 0.717) is 39.0 Å². The SMILES string of the molecule is C[C@@]12C[C@@H]1N(C(=O)CNC(=O)CCCOc1ccccc1)[C@H](C(=O)N[C@@H]1CCN(C(=O)CCNC(=O)O)C1)C2. The van der Waals surface area contributed by atoms with Crippen molar-refractivity contribution in [3.05, 3.63) is 30.3 Å². The predicted octanol–water partition coefficient (Wildman–Crippen LogP) is 0.716. The number of nitrogens with one attached hydrogen (secondary N) is 3. The lowest BCUT2D eigenvalue weighted by Crippen LogP contribution is -2.52. The van der Waals surface area contributed by atoms with E-state index >= 15 is 0 Å². The molecule has 1 aromatic rings. The first-order valence-electron chi connectivity index (χ1n) is 13.5. The molecule has 4 N–H and O–H groups in total. The summed E-state index contributed by atoms with van der Waals surface area (Å²) < 4.78 is 5.59. The zero-order valence-corrected chi connectivity index (χ0v) is 22.2. The molecule has 1 aliphatic carbocycles. The van der Waals surface area contributed by atoms with Crippen LogP contribution in [0.15, 0.2) is 30.3 Å². The van der Waals surface area contributed by atoms with Crippen molar-refractivity contribution < 1.29 is 33.8 Å². The molecule has 3 fully saturated rings. The zero-order valence-electron chi connectivity index (χ0n) is 22.2. The van der Waals surface area contributed by atoms with Crippen molar-refractivity contribution in [2.45, 2.75) is 63.6 Å². The molecule has 4 atom stereocenters. The van der Waals surface area contributed by atoms with Gasteiger partial charge in [-0.05, 0) is 43.2 Å². The van der Waals surface area contributed by atoms with Gasteiger partial charge in [0.2, 0.25) is 23.6 Å². The van der Waals surface area contributed by atoms with E-state index in [-0.39, 0.29) is 67.1 Å². The highest BCUT2D eigenvalue weighted by Gasteiger charge is 2.64. The number of ether oxygens (including phenoxy) is 1. The summed E-state index contributed by atoms with van der Waals surface area (Å²) in [7, 11) is 0. The maximum Gasteiger partial charge on any atom is 0.404 e. The van der Waals surface area contributed by atoms with Gasteiger partial charge in [0.1, 0.15) is 11.8 Å². The van der Waals surface area contributed by atoms with Crippen molar-refractivity contribution in [1.82, 2.24) is 25.8 Å². The number of likely N-dealkylation sites (tertiary alicyclic amines) is 2. The molecule has 0 unspecified atom stereocenters. The molecule has 0 bridgehead atoms. The first-order chi connectivity index (χ1) is 18.7. The lowest BCUT2D eigenvalue weighted by Gasteiger charge is -2.28. The maximum absolute atomic E-state index is 13.2. The van der Waals surface area contributed by atoms with E-state index in [1.54, 1.807) is 9.80 Å². The Morgan fingerprint density at radius 1 is 1.05 bits per heavy atom. The Balaban J connectivity index is 1.20. The van der Waals surface area contributed by atoms with Gasteiger partial charge in [-0.3, -0.25) is 19.2 Å². The fraction of sp³-hybridized carbons (Fsp3) is 0.593. The van der Waals surface area contributed by atoms with Crippen LogP contribution in [0.3, 0.4) is 0 Å². The third-order valence-electron chi connectivity index (χ3n) is 7.73.